The Morgan fingerprint density at radius 1 is 1.29 bits per heavy atom. The number of anilines is 2. The number of nitrogen functional groups attached to an aromatic ring is 1. The van der Waals surface area contributed by atoms with E-state index >= 15 is 0 Å². The van der Waals surface area contributed by atoms with Crippen molar-refractivity contribution in [2.45, 2.75) is 39.2 Å². The van der Waals surface area contributed by atoms with Crippen molar-refractivity contribution in [1.82, 2.24) is 9.97 Å². The first-order valence-electron chi connectivity index (χ1n) is 8.21. The van der Waals surface area contributed by atoms with E-state index in [1.54, 1.807) is 7.11 Å². The lowest BCUT2D eigenvalue weighted by Gasteiger charge is -2.20. The predicted molar refractivity (Wildman–Crippen MR) is 96.4 cm³/mol. The minimum atomic E-state index is -0.0554. The highest BCUT2D eigenvalue weighted by atomic mass is 16.5. The zero-order valence-electron chi connectivity index (χ0n) is 14.5. The van der Waals surface area contributed by atoms with Crippen LogP contribution < -0.4 is 15.8 Å². The molecule has 0 radical (unpaired) electrons. The molecule has 130 valence electrons. The molecule has 4 N–H and O–H groups in total. The molecule has 1 heterocycles. The van der Waals surface area contributed by atoms with E-state index in [0.717, 1.165) is 35.4 Å². The first kappa shape index (κ1) is 18.0. The Bertz CT molecular complexity index is 676. The van der Waals surface area contributed by atoms with E-state index in [0.29, 0.717) is 12.2 Å². The fourth-order valence-corrected chi connectivity index (χ4v) is 2.74. The molecule has 1 aromatic carbocycles. The molecule has 24 heavy (non-hydrogen) atoms. The number of rotatable bonds is 8. The molecule has 2 aromatic rings. The maximum Gasteiger partial charge on any atom is 0.222 e. The third-order valence-corrected chi connectivity index (χ3v) is 3.99. The van der Waals surface area contributed by atoms with Gasteiger partial charge in [0.2, 0.25) is 5.95 Å². The summed E-state index contributed by atoms with van der Waals surface area (Å²) in [5.41, 5.74) is 8.66. The molecular formula is C18H26N4O2. The predicted octanol–water partition coefficient (Wildman–Crippen LogP) is 2.54. The molecule has 0 amide bonds. The van der Waals surface area contributed by atoms with Gasteiger partial charge >= 0.3 is 0 Å². The molecule has 0 fully saturated rings. The molecule has 2 rings (SSSR count). The van der Waals surface area contributed by atoms with Crippen molar-refractivity contribution in [2.75, 3.05) is 24.8 Å². The summed E-state index contributed by atoms with van der Waals surface area (Å²) in [5.74, 6) is 1.73. The van der Waals surface area contributed by atoms with Crippen molar-refractivity contribution in [2.24, 2.45) is 0 Å². The zero-order chi connectivity index (χ0) is 17.5. The van der Waals surface area contributed by atoms with Crippen LogP contribution in [0, 0.1) is 6.92 Å². The summed E-state index contributed by atoms with van der Waals surface area (Å²) in [6.45, 7) is 4.05. The third-order valence-electron chi connectivity index (χ3n) is 3.99. The minimum absolute atomic E-state index is 0.0465. The highest BCUT2D eigenvalue weighted by Crippen LogP contribution is 2.26. The van der Waals surface area contributed by atoms with Crippen LogP contribution in [0.15, 0.2) is 24.3 Å². The monoisotopic (exact) mass is 330 g/mol. The van der Waals surface area contributed by atoms with E-state index in [1.165, 1.54) is 0 Å². The van der Waals surface area contributed by atoms with Gasteiger partial charge in [-0.05, 0) is 25.0 Å². The highest BCUT2D eigenvalue weighted by Gasteiger charge is 2.16. The van der Waals surface area contributed by atoms with E-state index < -0.39 is 0 Å². The number of hydrogen-bond acceptors (Lipinski definition) is 6. The first-order valence-corrected chi connectivity index (χ1v) is 8.21. The summed E-state index contributed by atoms with van der Waals surface area (Å²) < 4.78 is 5.44. The third kappa shape index (κ3) is 4.35. The second kappa shape index (κ2) is 8.49. The fraction of sp³-hybridized carbons (Fsp3) is 0.444. The minimum Gasteiger partial charge on any atom is -0.496 e. The molecule has 0 bridgehead atoms. The number of aryl methyl sites for hydroxylation is 1. The van der Waals surface area contributed by atoms with Gasteiger partial charge in [-0.1, -0.05) is 31.5 Å². The molecule has 0 saturated heterocycles. The van der Waals surface area contributed by atoms with Gasteiger partial charge in [0.1, 0.15) is 11.6 Å². The van der Waals surface area contributed by atoms with Crippen molar-refractivity contribution in [3.8, 4) is 5.75 Å². The number of nitrogens with two attached hydrogens (primary N) is 1. The number of methoxy groups -OCH3 is 1. The lowest BCUT2D eigenvalue weighted by Crippen LogP contribution is -2.25. The molecule has 6 heteroatoms. The van der Waals surface area contributed by atoms with Crippen molar-refractivity contribution in [3.63, 3.8) is 0 Å². The number of aromatic nitrogens is 2. The standard InChI is InChI=1S/C18H26N4O2/c1-4-7-14(11-23)21-17-15(12(2)20-18(19)22-17)10-13-8-5-6-9-16(13)24-3/h5-6,8-9,14,23H,4,7,10-11H2,1-3H3,(H3,19,20,21,22). The van der Waals surface area contributed by atoms with Gasteiger partial charge in [-0.15, -0.1) is 0 Å². The van der Waals surface area contributed by atoms with Crippen molar-refractivity contribution in [3.05, 3.63) is 41.1 Å². The summed E-state index contributed by atoms with van der Waals surface area (Å²) in [6.07, 6.45) is 2.45. The Balaban J connectivity index is 2.37. The Morgan fingerprint density at radius 3 is 2.71 bits per heavy atom. The van der Waals surface area contributed by atoms with Crippen LogP contribution in [0.2, 0.25) is 0 Å². The van der Waals surface area contributed by atoms with E-state index in [2.05, 4.69) is 22.2 Å². The molecule has 6 nitrogen and oxygen atoms in total. The number of aliphatic hydroxyl groups excluding tert-OH is 1. The number of nitrogens with zero attached hydrogens (tertiary/aromatic N) is 2. The molecule has 1 aromatic heterocycles. The van der Waals surface area contributed by atoms with Crippen LogP contribution >= 0.6 is 0 Å². The van der Waals surface area contributed by atoms with Crippen molar-refractivity contribution in [1.29, 1.82) is 0 Å². The number of benzene rings is 1. The molecule has 0 aliphatic heterocycles. The Hall–Kier alpha value is -2.34. The largest absolute Gasteiger partial charge is 0.496 e. The van der Waals surface area contributed by atoms with Crippen molar-refractivity contribution >= 4 is 11.8 Å². The summed E-state index contributed by atoms with van der Waals surface area (Å²) >= 11 is 0. The van der Waals surface area contributed by atoms with E-state index in [4.69, 9.17) is 10.5 Å². The Kier molecular flexibility index (Phi) is 6.37. The number of hydrogen-bond donors (Lipinski definition) is 3. The average Bonchev–Trinajstić information content (AvgIpc) is 2.57. The fourth-order valence-electron chi connectivity index (χ4n) is 2.74. The molecule has 1 unspecified atom stereocenters. The van der Waals surface area contributed by atoms with Crippen LogP contribution in [0.4, 0.5) is 11.8 Å². The molecule has 1 atom stereocenters. The van der Waals surface area contributed by atoms with Gasteiger partial charge < -0.3 is 20.9 Å². The van der Waals surface area contributed by atoms with E-state index in [1.807, 2.05) is 31.2 Å². The van der Waals surface area contributed by atoms with Gasteiger partial charge in [-0.3, -0.25) is 0 Å². The molecular weight excluding hydrogens is 304 g/mol. The van der Waals surface area contributed by atoms with Crippen LogP contribution in [0.3, 0.4) is 0 Å². The average molecular weight is 330 g/mol. The number of para-hydroxylation sites is 1. The second-order valence-corrected chi connectivity index (χ2v) is 5.80. The van der Waals surface area contributed by atoms with Crippen LogP contribution in [0.1, 0.15) is 36.6 Å². The summed E-state index contributed by atoms with van der Waals surface area (Å²) in [4.78, 5) is 8.65. The summed E-state index contributed by atoms with van der Waals surface area (Å²) in [7, 11) is 1.66. The highest BCUT2D eigenvalue weighted by molar-refractivity contribution is 5.53. The van der Waals surface area contributed by atoms with Gasteiger partial charge in [0, 0.05) is 17.7 Å². The maximum absolute atomic E-state index is 9.56. The first-order chi connectivity index (χ1) is 11.6. The van der Waals surface area contributed by atoms with Crippen LogP contribution in [-0.4, -0.2) is 34.8 Å². The molecule has 0 aliphatic rings. The topological polar surface area (TPSA) is 93.3 Å². The Labute approximate surface area is 143 Å². The van der Waals surface area contributed by atoms with Gasteiger partial charge in [0.25, 0.3) is 0 Å². The van der Waals surface area contributed by atoms with Crippen LogP contribution in [0.5, 0.6) is 5.75 Å². The smallest absolute Gasteiger partial charge is 0.222 e. The van der Waals surface area contributed by atoms with Gasteiger partial charge in [0.15, 0.2) is 0 Å². The van der Waals surface area contributed by atoms with E-state index in [-0.39, 0.29) is 18.6 Å². The summed E-state index contributed by atoms with van der Waals surface area (Å²) in [6, 6.07) is 7.82. The van der Waals surface area contributed by atoms with Gasteiger partial charge in [-0.25, -0.2) is 4.98 Å². The Morgan fingerprint density at radius 2 is 2.04 bits per heavy atom. The normalized spacial score (nSPS) is 12.0. The van der Waals surface area contributed by atoms with E-state index in [9.17, 15) is 5.11 Å². The number of ether oxygens (including phenoxy) is 1. The quantitative estimate of drug-likeness (QED) is 0.689. The lowest BCUT2D eigenvalue weighted by molar-refractivity contribution is 0.268. The lowest BCUT2D eigenvalue weighted by atomic mass is 10.0. The SMILES string of the molecule is CCCC(CO)Nc1nc(N)nc(C)c1Cc1ccccc1OC. The second-order valence-electron chi connectivity index (χ2n) is 5.80. The summed E-state index contributed by atoms with van der Waals surface area (Å²) in [5, 5.41) is 12.9. The molecule has 0 aliphatic carbocycles. The van der Waals surface area contributed by atoms with Crippen molar-refractivity contribution < 1.29 is 9.84 Å². The van der Waals surface area contributed by atoms with Gasteiger partial charge in [0.05, 0.1) is 19.8 Å². The van der Waals surface area contributed by atoms with Crippen LogP contribution in [-0.2, 0) is 6.42 Å². The maximum atomic E-state index is 9.56. The number of aliphatic hydroxyl groups is 1. The van der Waals surface area contributed by atoms with Crippen LogP contribution in [0.25, 0.3) is 0 Å². The number of nitrogens with one attached hydrogen (secondary N) is 1. The van der Waals surface area contributed by atoms with Gasteiger partial charge in [-0.2, -0.15) is 4.98 Å². The molecule has 0 spiro atoms. The molecule has 0 saturated carbocycles. The zero-order valence-corrected chi connectivity index (χ0v) is 14.5.